The first kappa shape index (κ1) is 12.9. The standard InChI is InChI=1S/C10H12ClNO3S2/c1-7-8(6-16-10(7)17(11,14)15)9(13)12-4-2-3-5-12/h6H,2-5H2,1H3. The van der Waals surface area contributed by atoms with E-state index in [0.717, 1.165) is 37.3 Å². The second kappa shape index (κ2) is 4.59. The molecular formula is C10H12ClNO3S2. The molecule has 1 aliphatic heterocycles. The fourth-order valence-corrected chi connectivity index (χ4v) is 4.48. The molecule has 0 aliphatic carbocycles. The van der Waals surface area contributed by atoms with Crippen molar-refractivity contribution in [3.63, 3.8) is 0 Å². The molecule has 2 heterocycles. The highest BCUT2D eigenvalue weighted by molar-refractivity contribution is 8.15. The maximum atomic E-state index is 12.1. The van der Waals surface area contributed by atoms with Gasteiger partial charge in [-0.25, -0.2) is 8.42 Å². The van der Waals surface area contributed by atoms with E-state index in [4.69, 9.17) is 10.7 Å². The predicted octanol–water partition coefficient (Wildman–Crippen LogP) is 2.22. The van der Waals surface area contributed by atoms with Gasteiger partial charge in [0.25, 0.3) is 15.0 Å². The van der Waals surface area contributed by atoms with E-state index in [1.54, 1.807) is 17.2 Å². The van der Waals surface area contributed by atoms with E-state index >= 15 is 0 Å². The second-order valence-electron chi connectivity index (χ2n) is 4.00. The van der Waals surface area contributed by atoms with Crippen LogP contribution in [0.2, 0.25) is 0 Å². The first-order valence-electron chi connectivity index (χ1n) is 5.23. The Kier molecular flexibility index (Phi) is 3.47. The van der Waals surface area contributed by atoms with Gasteiger partial charge >= 0.3 is 0 Å². The summed E-state index contributed by atoms with van der Waals surface area (Å²) in [6.07, 6.45) is 2.02. The maximum Gasteiger partial charge on any atom is 0.271 e. The highest BCUT2D eigenvalue weighted by atomic mass is 35.7. The monoisotopic (exact) mass is 293 g/mol. The lowest BCUT2D eigenvalue weighted by atomic mass is 10.2. The van der Waals surface area contributed by atoms with Gasteiger partial charge in [-0.3, -0.25) is 4.79 Å². The zero-order valence-electron chi connectivity index (χ0n) is 9.27. The van der Waals surface area contributed by atoms with Gasteiger partial charge in [-0.1, -0.05) is 0 Å². The van der Waals surface area contributed by atoms with Crippen LogP contribution in [-0.2, 0) is 9.05 Å². The third kappa shape index (κ3) is 2.48. The van der Waals surface area contributed by atoms with Crippen molar-refractivity contribution in [1.82, 2.24) is 4.90 Å². The maximum absolute atomic E-state index is 12.1. The number of carbonyl (C=O) groups is 1. The third-order valence-electron chi connectivity index (χ3n) is 2.84. The number of likely N-dealkylation sites (tertiary alicyclic amines) is 1. The summed E-state index contributed by atoms with van der Waals surface area (Å²) in [5, 5.41) is 1.57. The lowest BCUT2D eigenvalue weighted by molar-refractivity contribution is 0.0792. The van der Waals surface area contributed by atoms with Crippen LogP contribution in [0, 0.1) is 6.92 Å². The predicted molar refractivity (Wildman–Crippen MR) is 67.2 cm³/mol. The molecule has 0 radical (unpaired) electrons. The van der Waals surface area contributed by atoms with Crippen molar-refractivity contribution in [3.8, 4) is 0 Å². The summed E-state index contributed by atoms with van der Waals surface area (Å²) in [5.41, 5.74) is 0.915. The highest BCUT2D eigenvalue weighted by Gasteiger charge is 2.26. The summed E-state index contributed by atoms with van der Waals surface area (Å²) in [6.45, 7) is 3.11. The number of rotatable bonds is 2. The minimum atomic E-state index is -3.75. The summed E-state index contributed by atoms with van der Waals surface area (Å²) >= 11 is 1.00. The molecule has 0 atom stereocenters. The molecule has 0 N–H and O–H groups in total. The Hall–Kier alpha value is -0.590. The lowest BCUT2D eigenvalue weighted by Crippen LogP contribution is -2.27. The quantitative estimate of drug-likeness (QED) is 0.786. The average molecular weight is 294 g/mol. The Morgan fingerprint density at radius 2 is 2.00 bits per heavy atom. The number of thiophene rings is 1. The van der Waals surface area contributed by atoms with Gasteiger partial charge in [0.1, 0.15) is 4.21 Å². The van der Waals surface area contributed by atoms with Crippen LogP contribution in [0.15, 0.2) is 9.59 Å². The Morgan fingerprint density at radius 3 is 2.47 bits per heavy atom. The summed E-state index contributed by atoms with van der Waals surface area (Å²) in [6, 6.07) is 0. The normalized spacial score (nSPS) is 16.5. The van der Waals surface area contributed by atoms with Crippen LogP contribution in [0.3, 0.4) is 0 Å². The zero-order chi connectivity index (χ0) is 12.6. The van der Waals surface area contributed by atoms with Gasteiger partial charge in [0, 0.05) is 29.2 Å². The SMILES string of the molecule is Cc1c(C(=O)N2CCCC2)csc1S(=O)(=O)Cl. The van der Waals surface area contributed by atoms with Crippen molar-refractivity contribution < 1.29 is 13.2 Å². The second-order valence-corrected chi connectivity index (χ2v) is 7.64. The molecule has 0 unspecified atom stereocenters. The summed E-state index contributed by atoms with van der Waals surface area (Å²) in [7, 11) is 1.55. The molecule has 1 aromatic rings. The zero-order valence-corrected chi connectivity index (χ0v) is 11.7. The highest BCUT2D eigenvalue weighted by Crippen LogP contribution is 2.30. The molecule has 1 saturated heterocycles. The van der Waals surface area contributed by atoms with Gasteiger partial charge in [-0.2, -0.15) is 0 Å². The van der Waals surface area contributed by atoms with Crippen molar-refractivity contribution >= 4 is 37.0 Å². The van der Waals surface area contributed by atoms with Crippen LogP contribution < -0.4 is 0 Å². The molecule has 94 valence electrons. The van der Waals surface area contributed by atoms with Gasteiger partial charge < -0.3 is 4.90 Å². The van der Waals surface area contributed by atoms with Crippen LogP contribution >= 0.6 is 22.0 Å². The summed E-state index contributed by atoms with van der Waals surface area (Å²) < 4.78 is 22.6. The minimum Gasteiger partial charge on any atom is -0.339 e. The summed E-state index contributed by atoms with van der Waals surface area (Å²) in [5.74, 6) is -0.0946. The van der Waals surface area contributed by atoms with E-state index in [9.17, 15) is 13.2 Å². The van der Waals surface area contributed by atoms with E-state index in [0.29, 0.717) is 11.1 Å². The van der Waals surface area contributed by atoms with Gasteiger partial charge in [0.2, 0.25) is 0 Å². The van der Waals surface area contributed by atoms with Gasteiger partial charge in [-0.05, 0) is 25.3 Å². The number of amides is 1. The molecule has 1 amide bonds. The Morgan fingerprint density at radius 1 is 1.41 bits per heavy atom. The number of halogens is 1. The van der Waals surface area contributed by atoms with Crippen LogP contribution in [0.1, 0.15) is 28.8 Å². The van der Waals surface area contributed by atoms with E-state index in [2.05, 4.69) is 0 Å². The Balaban J connectivity index is 2.34. The average Bonchev–Trinajstić information content (AvgIpc) is 2.83. The van der Waals surface area contributed by atoms with Crippen molar-refractivity contribution in [2.24, 2.45) is 0 Å². The Bertz CT molecular complexity index is 544. The molecule has 0 bridgehead atoms. The number of hydrogen-bond acceptors (Lipinski definition) is 4. The van der Waals surface area contributed by atoms with Gasteiger partial charge in [0.05, 0.1) is 5.56 Å². The van der Waals surface area contributed by atoms with E-state index in [-0.39, 0.29) is 10.1 Å². The van der Waals surface area contributed by atoms with Crippen molar-refractivity contribution in [3.05, 3.63) is 16.5 Å². The third-order valence-corrected chi connectivity index (χ3v) is 6.15. The Labute approximate surface area is 109 Å². The molecule has 1 aromatic heterocycles. The largest absolute Gasteiger partial charge is 0.339 e. The van der Waals surface area contributed by atoms with Gasteiger partial charge in [-0.15, -0.1) is 11.3 Å². The van der Waals surface area contributed by atoms with Crippen molar-refractivity contribution in [2.75, 3.05) is 13.1 Å². The van der Waals surface area contributed by atoms with E-state index < -0.39 is 9.05 Å². The topological polar surface area (TPSA) is 54.5 Å². The van der Waals surface area contributed by atoms with E-state index in [1.165, 1.54) is 0 Å². The molecule has 4 nitrogen and oxygen atoms in total. The lowest BCUT2D eigenvalue weighted by Gasteiger charge is -2.14. The number of nitrogens with zero attached hydrogens (tertiary/aromatic N) is 1. The molecule has 1 aliphatic rings. The van der Waals surface area contributed by atoms with Gasteiger partial charge in [0.15, 0.2) is 0 Å². The molecule has 17 heavy (non-hydrogen) atoms. The van der Waals surface area contributed by atoms with Crippen LogP contribution in [0.25, 0.3) is 0 Å². The molecule has 1 fully saturated rings. The number of carbonyl (C=O) groups excluding carboxylic acids is 1. The molecule has 7 heteroatoms. The first-order valence-corrected chi connectivity index (χ1v) is 8.42. The number of hydrogen-bond donors (Lipinski definition) is 0. The first-order chi connectivity index (χ1) is 7.91. The van der Waals surface area contributed by atoms with E-state index in [1.807, 2.05) is 0 Å². The minimum absolute atomic E-state index is 0.0710. The van der Waals surface area contributed by atoms with Crippen LogP contribution in [0.4, 0.5) is 0 Å². The van der Waals surface area contributed by atoms with Crippen molar-refractivity contribution in [2.45, 2.75) is 24.0 Å². The van der Waals surface area contributed by atoms with Crippen LogP contribution in [-0.4, -0.2) is 32.3 Å². The smallest absolute Gasteiger partial charge is 0.271 e. The molecule has 0 saturated carbocycles. The molecule has 2 rings (SSSR count). The summed E-state index contributed by atoms with van der Waals surface area (Å²) in [4.78, 5) is 13.9. The fraction of sp³-hybridized carbons (Fsp3) is 0.500. The van der Waals surface area contributed by atoms with Crippen LogP contribution in [0.5, 0.6) is 0 Å². The van der Waals surface area contributed by atoms with Crippen molar-refractivity contribution in [1.29, 1.82) is 0 Å². The fourth-order valence-electron chi connectivity index (χ4n) is 1.94. The molecular weight excluding hydrogens is 282 g/mol. The molecule has 0 aromatic carbocycles. The molecule has 0 spiro atoms.